The minimum absolute atomic E-state index is 0.118. The van der Waals surface area contributed by atoms with Crippen LogP contribution < -0.4 is 11.5 Å². The van der Waals surface area contributed by atoms with Crippen molar-refractivity contribution >= 4 is 11.4 Å². The van der Waals surface area contributed by atoms with E-state index in [1.54, 1.807) is 0 Å². The van der Waals surface area contributed by atoms with Crippen molar-refractivity contribution in [2.24, 2.45) is 0 Å². The second-order valence-electron chi connectivity index (χ2n) is 10.8. The van der Waals surface area contributed by atoms with E-state index in [2.05, 4.69) is 104 Å². The number of rotatable bonds is 6. The molecule has 0 unspecified atom stereocenters. The molecule has 0 heterocycles. The van der Waals surface area contributed by atoms with Gasteiger partial charge in [-0.25, -0.2) is 0 Å². The molecule has 0 spiro atoms. The van der Waals surface area contributed by atoms with E-state index in [1.165, 1.54) is 33.4 Å². The summed E-state index contributed by atoms with van der Waals surface area (Å²) in [4.78, 5) is 0. The van der Waals surface area contributed by atoms with Crippen molar-refractivity contribution in [3.63, 3.8) is 0 Å². The summed E-state index contributed by atoms with van der Waals surface area (Å²) in [6.45, 7) is 18.1. The van der Waals surface area contributed by atoms with Crippen molar-refractivity contribution in [3.05, 3.63) is 94.0 Å². The van der Waals surface area contributed by atoms with E-state index in [0.717, 1.165) is 11.4 Å². The third-order valence-corrected chi connectivity index (χ3v) is 7.15. The SMILES string of the molecule is CC(C)c1cc(C(C)(C)c2cccc(C(C)(C)c3ccc(N)cc3)c2)cc(C(C)C)c1N. The van der Waals surface area contributed by atoms with Crippen LogP contribution in [0.5, 0.6) is 0 Å². The minimum atomic E-state index is -0.145. The van der Waals surface area contributed by atoms with E-state index in [9.17, 15) is 0 Å². The van der Waals surface area contributed by atoms with Crippen molar-refractivity contribution in [1.29, 1.82) is 0 Å². The van der Waals surface area contributed by atoms with Gasteiger partial charge in [0.1, 0.15) is 0 Å². The number of benzene rings is 3. The Hall–Kier alpha value is -2.74. The van der Waals surface area contributed by atoms with E-state index in [4.69, 9.17) is 11.5 Å². The van der Waals surface area contributed by atoms with Crippen LogP contribution in [0.4, 0.5) is 11.4 Å². The Morgan fingerprint density at radius 2 is 1.00 bits per heavy atom. The monoisotopic (exact) mass is 428 g/mol. The van der Waals surface area contributed by atoms with E-state index in [0.29, 0.717) is 11.8 Å². The molecule has 2 nitrogen and oxygen atoms in total. The molecule has 3 aromatic carbocycles. The zero-order chi connectivity index (χ0) is 23.8. The predicted molar refractivity (Wildman–Crippen MR) is 141 cm³/mol. The van der Waals surface area contributed by atoms with Crippen LogP contribution >= 0.6 is 0 Å². The van der Waals surface area contributed by atoms with Gasteiger partial charge in [0.15, 0.2) is 0 Å². The lowest BCUT2D eigenvalue weighted by molar-refractivity contribution is 0.615. The largest absolute Gasteiger partial charge is 0.399 e. The van der Waals surface area contributed by atoms with Gasteiger partial charge in [-0.1, -0.05) is 104 Å². The highest BCUT2D eigenvalue weighted by Gasteiger charge is 2.29. The van der Waals surface area contributed by atoms with E-state index < -0.39 is 0 Å². The lowest BCUT2D eigenvalue weighted by Crippen LogP contribution is -2.23. The third kappa shape index (κ3) is 4.41. The topological polar surface area (TPSA) is 52.0 Å². The average Bonchev–Trinajstić information content (AvgIpc) is 2.73. The number of nitrogen functional groups attached to an aromatic ring is 2. The molecule has 0 aliphatic heterocycles. The first kappa shape index (κ1) is 23.9. The number of anilines is 2. The fraction of sp³-hybridized carbons (Fsp3) is 0.400. The van der Waals surface area contributed by atoms with Crippen LogP contribution in [0, 0.1) is 0 Å². The molecular weight excluding hydrogens is 388 g/mol. The van der Waals surface area contributed by atoms with Crippen LogP contribution in [0.3, 0.4) is 0 Å². The van der Waals surface area contributed by atoms with Gasteiger partial charge in [0.05, 0.1) is 0 Å². The molecule has 0 amide bonds. The maximum absolute atomic E-state index is 6.58. The lowest BCUT2D eigenvalue weighted by Gasteiger charge is -2.32. The van der Waals surface area contributed by atoms with E-state index in [-0.39, 0.29) is 10.8 Å². The summed E-state index contributed by atoms with van der Waals surface area (Å²) in [5.41, 5.74) is 21.7. The smallest absolute Gasteiger partial charge is 0.0384 e. The molecule has 0 aliphatic carbocycles. The normalized spacial score (nSPS) is 12.6. The summed E-state index contributed by atoms with van der Waals surface area (Å²) in [7, 11) is 0. The molecule has 0 saturated heterocycles. The summed E-state index contributed by atoms with van der Waals surface area (Å²) in [6, 6.07) is 21.9. The van der Waals surface area contributed by atoms with Gasteiger partial charge in [-0.2, -0.15) is 0 Å². The summed E-state index contributed by atoms with van der Waals surface area (Å²) < 4.78 is 0. The van der Waals surface area contributed by atoms with Crippen LogP contribution in [0.1, 0.15) is 101 Å². The Balaban J connectivity index is 2.11. The Morgan fingerprint density at radius 3 is 1.44 bits per heavy atom. The first-order valence-corrected chi connectivity index (χ1v) is 11.8. The highest BCUT2D eigenvalue weighted by molar-refractivity contribution is 5.60. The summed E-state index contributed by atoms with van der Waals surface area (Å²) in [5, 5.41) is 0. The van der Waals surface area contributed by atoms with Gasteiger partial charge >= 0.3 is 0 Å². The van der Waals surface area contributed by atoms with Gasteiger partial charge in [0, 0.05) is 22.2 Å². The molecular formula is C30H40N2. The van der Waals surface area contributed by atoms with Crippen molar-refractivity contribution in [1.82, 2.24) is 0 Å². The van der Waals surface area contributed by atoms with Crippen LogP contribution in [0.15, 0.2) is 60.7 Å². The number of hydrogen-bond acceptors (Lipinski definition) is 2. The van der Waals surface area contributed by atoms with E-state index >= 15 is 0 Å². The maximum atomic E-state index is 6.58. The summed E-state index contributed by atoms with van der Waals surface area (Å²) >= 11 is 0. The molecule has 32 heavy (non-hydrogen) atoms. The molecule has 170 valence electrons. The second kappa shape index (κ2) is 8.65. The molecule has 4 N–H and O–H groups in total. The zero-order valence-corrected chi connectivity index (χ0v) is 21.1. The maximum Gasteiger partial charge on any atom is 0.0384 e. The van der Waals surface area contributed by atoms with Crippen molar-refractivity contribution in [2.75, 3.05) is 11.5 Å². The zero-order valence-electron chi connectivity index (χ0n) is 21.1. The van der Waals surface area contributed by atoms with Gasteiger partial charge in [0.25, 0.3) is 0 Å². The molecule has 3 aromatic rings. The fourth-order valence-electron chi connectivity index (χ4n) is 4.54. The molecule has 0 fully saturated rings. The molecule has 0 radical (unpaired) electrons. The Labute approximate surface area is 195 Å². The van der Waals surface area contributed by atoms with Gasteiger partial charge in [-0.15, -0.1) is 0 Å². The molecule has 0 bridgehead atoms. The Morgan fingerprint density at radius 1 is 0.562 bits per heavy atom. The highest BCUT2D eigenvalue weighted by Crippen LogP contribution is 2.40. The van der Waals surface area contributed by atoms with Crippen LogP contribution in [-0.4, -0.2) is 0 Å². The molecule has 0 aromatic heterocycles. The van der Waals surface area contributed by atoms with Crippen molar-refractivity contribution in [3.8, 4) is 0 Å². The van der Waals surface area contributed by atoms with Crippen LogP contribution in [0.25, 0.3) is 0 Å². The number of hydrogen-bond donors (Lipinski definition) is 2. The number of nitrogens with two attached hydrogens (primary N) is 2. The molecule has 0 saturated carbocycles. The quantitative estimate of drug-likeness (QED) is 0.394. The highest BCUT2D eigenvalue weighted by atomic mass is 14.6. The molecule has 0 aliphatic rings. The predicted octanol–water partition coefficient (Wildman–Crippen LogP) is 7.75. The lowest BCUT2D eigenvalue weighted by atomic mass is 9.72. The van der Waals surface area contributed by atoms with Crippen molar-refractivity contribution < 1.29 is 0 Å². The third-order valence-electron chi connectivity index (χ3n) is 7.15. The summed E-state index contributed by atoms with van der Waals surface area (Å²) in [5.74, 6) is 0.776. The minimum Gasteiger partial charge on any atom is -0.399 e. The fourth-order valence-corrected chi connectivity index (χ4v) is 4.54. The molecule has 2 heteroatoms. The summed E-state index contributed by atoms with van der Waals surface area (Å²) in [6.07, 6.45) is 0. The second-order valence-corrected chi connectivity index (χ2v) is 10.8. The first-order valence-electron chi connectivity index (χ1n) is 11.8. The Kier molecular flexibility index (Phi) is 6.47. The standard InChI is InChI=1S/C30H40N2/c1-19(2)26-17-24(18-27(20(3)4)28(26)32)30(7,8)23-11-9-10-22(16-23)29(5,6)21-12-14-25(31)15-13-21/h9-20H,31-32H2,1-8H3. The first-order chi connectivity index (χ1) is 14.9. The van der Waals surface area contributed by atoms with Gasteiger partial charge < -0.3 is 11.5 Å². The van der Waals surface area contributed by atoms with Crippen LogP contribution in [0.2, 0.25) is 0 Å². The van der Waals surface area contributed by atoms with Gasteiger partial charge in [0.2, 0.25) is 0 Å². The average molecular weight is 429 g/mol. The van der Waals surface area contributed by atoms with Crippen molar-refractivity contribution in [2.45, 2.75) is 78.1 Å². The van der Waals surface area contributed by atoms with Gasteiger partial charge in [-0.05, 0) is 57.3 Å². The Bertz CT molecular complexity index is 1060. The van der Waals surface area contributed by atoms with E-state index in [1.807, 2.05) is 12.1 Å². The van der Waals surface area contributed by atoms with Crippen LogP contribution in [-0.2, 0) is 10.8 Å². The molecule has 0 atom stereocenters. The molecule has 3 rings (SSSR count). The van der Waals surface area contributed by atoms with Gasteiger partial charge in [-0.3, -0.25) is 0 Å².